The molecule has 1 saturated heterocycles. The zero-order valence-corrected chi connectivity index (χ0v) is 26.3. The summed E-state index contributed by atoms with van der Waals surface area (Å²) in [6, 6.07) is 6.10. The third kappa shape index (κ3) is 9.77. The van der Waals surface area contributed by atoms with Gasteiger partial charge in [-0.15, -0.1) is 6.58 Å². The lowest BCUT2D eigenvalue weighted by Crippen LogP contribution is -2.53. The smallest absolute Gasteiger partial charge is 0.341 e. The second-order valence-electron chi connectivity index (χ2n) is 11.3. The van der Waals surface area contributed by atoms with Gasteiger partial charge in [-0.3, -0.25) is 14.6 Å². The first-order valence-electron chi connectivity index (χ1n) is 14.8. The van der Waals surface area contributed by atoms with E-state index in [0.29, 0.717) is 49.2 Å². The fourth-order valence-electron chi connectivity index (χ4n) is 4.98. The maximum atomic E-state index is 13.7. The molecule has 12 nitrogen and oxygen atoms in total. The number of aryl methyl sites for hydroxylation is 1. The van der Waals surface area contributed by atoms with Gasteiger partial charge in [0.15, 0.2) is 18.1 Å². The van der Waals surface area contributed by atoms with Gasteiger partial charge in [-0.1, -0.05) is 26.0 Å². The molecular formula is C33H42N2O10. The normalized spacial score (nSPS) is 15.5. The molecule has 0 unspecified atom stereocenters. The van der Waals surface area contributed by atoms with Crippen LogP contribution in [0.1, 0.15) is 56.8 Å². The molecule has 1 aliphatic rings. The van der Waals surface area contributed by atoms with E-state index in [1.807, 2.05) is 12.1 Å². The predicted molar refractivity (Wildman–Crippen MR) is 163 cm³/mol. The molecule has 2 atom stereocenters. The molecule has 244 valence electrons. The molecule has 1 amide bonds. The topological polar surface area (TPSA) is 151 Å². The number of likely N-dealkylation sites (tertiary alicyclic amines) is 1. The number of methoxy groups -OCH3 is 2. The molecule has 2 aromatic rings. The summed E-state index contributed by atoms with van der Waals surface area (Å²) in [5, 5.41) is 9.02. The SMILES string of the molecule is C=CCOCC(C)(C)C(=O)C(=O)N1CCCC[C@H]1C(=O)O[C@H](CCc1ccc(OC)c(OC)c1)c1cncc(OCC(=O)O)c1. The van der Waals surface area contributed by atoms with Crippen molar-refractivity contribution in [2.75, 3.05) is 40.6 Å². The number of rotatable bonds is 17. The molecule has 1 aromatic carbocycles. The highest BCUT2D eigenvalue weighted by molar-refractivity contribution is 6.38. The van der Waals surface area contributed by atoms with Gasteiger partial charge in [0.05, 0.1) is 39.0 Å². The van der Waals surface area contributed by atoms with Crippen LogP contribution in [0.2, 0.25) is 0 Å². The van der Waals surface area contributed by atoms with Crippen molar-refractivity contribution in [2.45, 2.75) is 58.1 Å². The summed E-state index contributed by atoms with van der Waals surface area (Å²) < 4.78 is 27.5. The van der Waals surface area contributed by atoms with E-state index in [1.165, 1.54) is 24.4 Å². The van der Waals surface area contributed by atoms with Crippen molar-refractivity contribution in [2.24, 2.45) is 5.41 Å². The van der Waals surface area contributed by atoms with Gasteiger partial charge >= 0.3 is 11.9 Å². The summed E-state index contributed by atoms with van der Waals surface area (Å²) in [5.74, 6) is -1.88. The fraction of sp³-hybridized carbons (Fsp3) is 0.485. The van der Waals surface area contributed by atoms with E-state index in [4.69, 9.17) is 28.8 Å². The van der Waals surface area contributed by atoms with E-state index in [1.54, 1.807) is 39.2 Å². The Balaban J connectivity index is 1.85. The number of carbonyl (C=O) groups excluding carboxylic acids is 3. The minimum atomic E-state index is -1.15. The van der Waals surface area contributed by atoms with Gasteiger partial charge in [0.25, 0.3) is 5.91 Å². The summed E-state index contributed by atoms with van der Waals surface area (Å²) >= 11 is 0. The lowest BCUT2D eigenvalue weighted by Gasteiger charge is -2.36. The third-order valence-electron chi connectivity index (χ3n) is 7.41. The van der Waals surface area contributed by atoms with Gasteiger partial charge in [0.2, 0.25) is 5.78 Å². The average molecular weight is 627 g/mol. The van der Waals surface area contributed by atoms with Crippen molar-refractivity contribution in [1.29, 1.82) is 0 Å². The van der Waals surface area contributed by atoms with Crippen LogP contribution in [0.15, 0.2) is 49.3 Å². The molecule has 1 aliphatic heterocycles. The fourth-order valence-corrected chi connectivity index (χ4v) is 4.98. The number of nitrogens with zero attached hydrogens (tertiary/aromatic N) is 2. The average Bonchev–Trinajstić information content (AvgIpc) is 3.04. The number of aromatic nitrogens is 1. The van der Waals surface area contributed by atoms with E-state index >= 15 is 0 Å². The molecule has 0 spiro atoms. The Kier molecular flexibility index (Phi) is 12.9. The number of piperidine rings is 1. The molecule has 1 fully saturated rings. The molecule has 2 heterocycles. The third-order valence-corrected chi connectivity index (χ3v) is 7.41. The highest BCUT2D eigenvalue weighted by atomic mass is 16.5. The molecule has 0 saturated carbocycles. The Morgan fingerprint density at radius 3 is 2.56 bits per heavy atom. The lowest BCUT2D eigenvalue weighted by atomic mass is 9.87. The number of ketones is 1. The van der Waals surface area contributed by atoms with Crippen LogP contribution in [-0.4, -0.2) is 85.2 Å². The van der Waals surface area contributed by atoms with Crippen molar-refractivity contribution < 1.29 is 48.0 Å². The van der Waals surface area contributed by atoms with Crippen LogP contribution in [0.4, 0.5) is 0 Å². The molecule has 0 aliphatic carbocycles. The molecule has 0 radical (unpaired) electrons. The number of amides is 1. The molecule has 0 bridgehead atoms. The first-order valence-corrected chi connectivity index (χ1v) is 14.8. The lowest BCUT2D eigenvalue weighted by molar-refractivity contribution is -0.165. The first-order chi connectivity index (χ1) is 21.5. The summed E-state index contributed by atoms with van der Waals surface area (Å²) in [6.45, 7) is 6.79. The number of hydrogen-bond donors (Lipinski definition) is 1. The highest BCUT2D eigenvalue weighted by Crippen LogP contribution is 2.32. The molecule has 3 rings (SSSR count). The van der Waals surface area contributed by atoms with Crippen LogP contribution in [0.25, 0.3) is 0 Å². The number of benzene rings is 1. The van der Waals surface area contributed by atoms with Crippen LogP contribution in [0, 0.1) is 5.41 Å². The standard InChI is InChI=1S/C33H42N2O10/c1-6-15-43-21-33(2,3)30(38)31(39)35-14-8-7-9-25(35)32(40)45-26(23-17-24(19-34-18-23)44-20-29(36)37)12-10-22-11-13-27(41-4)28(16-22)42-5/h6,11,13,16-19,25-26H,1,7-10,12,14-15,20-21H2,2-5H3,(H,36,37)/t25-,26+/m0/s1. The van der Waals surface area contributed by atoms with Crippen molar-refractivity contribution in [3.05, 3.63) is 60.4 Å². The van der Waals surface area contributed by atoms with E-state index in [9.17, 15) is 19.2 Å². The maximum Gasteiger partial charge on any atom is 0.341 e. The summed E-state index contributed by atoms with van der Waals surface area (Å²) in [4.78, 5) is 56.9. The second kappa shape index (κ2) is 16.6. The number of carboxylic acid groups (broad SMARTS) is 1. The number of pyridine rings is 1. The highest BCUT2D eigenvalue weighted by Gasteiger charge is 2.42. The van der Waals surface area contributed by atoms with Crippen LogP contribution in [-0.2, 0) is 35.1 Å². The van der Waals surface area contributed by atoms with E-state index in [0.717, 1.165) is 5.56 Å². The summed E-state index contributed by atoms with van der Waals surface area (Å²) in [5.41, 5.74) is 0.272. The van der Waals surface area contributed by atoms with Gasteiger partial charge in [0, 0.05) is 18.3 Å². The van der Waals surface area contributed by atoms with Gasteiger partial charge in [-0.2, -0.15) is 0 Å². The first kappa shape index (κ1) is 35.0. The van der Waals surface area contributed by atoms with Gasteiger partial charge in [0.1, 0.15) is 17.9 Å². The zero-order chi connectivity index (χ0) is 33.0. The number of hydrogen-bond acceptors (Lipinski definition) is 10. The Labute approximate surface area is 263 Å². The number of Topliss-reactive ketones (excluding diaryl/α,β-unsaturated/α-hetero) is 1. The van der Waals surface area contributed by atoms with Crippen molar-refractivity contribution in [3.8, 4) is 17.2 Å². The van der Waals surface area contributed by atoms with Gasteiger partial charge < -0.3 is 33.7 Å². The molecule has 12 heteroatoms. The summed E-state index contributed by atoms with van der Waals surface area (Å²) in [7, 11) is 3.09. The molecular weight excluding hydrogens is 584 g/mol. The Bertz CT molecular complexity index is 1360. The van der Waals surface area contributed by atoms with E-state index in [2.05, 4.69) is 11.6 Å². The largest absolute Gasteiger partial charge is 0.493 e. The minimum Gasteiger partial charge on any atom is -0.493 e. The van der Waals surface area contributed by atoms with E-state index in [-0.39, 0.29) is 25.5 Å². The molecule has 45 heavy (non-hydrogen) atoms. The Morgan fingerprint density at radius 2 is 1.87 bits per heavy atom. The van der Waals surface area contributed by atoms with Crippen LogP contribution < -0.4 is 14.2 Å². The number of ether oxygens (including phenoxy) is 5. The Morgan fingerprint density at radius 1 is 1.11 bits per heavy atom. The number of carboxylic acids is 1. The summed E-state index contributed by atoms with van der Waals surface area (Å²) in [6.07, 6.45) is 6.06. The second-order valence-corrected chi connectivity index (χ2v) is 11.3. The van der Waals surface area contributed by atoms with Gasteiger partial charge in [-0.05, 0) is 55.9 Å². The van der Waals surface area contributed by atoms with Crippen LogP contribution >= 0.6 is 0 Å². The number of aliphatic carboxylic acids is 1. The number of esters is 1. The predicted octanol–water partition coefficient (Wildman–Crippen LogP) is 3.96. The minimum absolute atomic E-state index is 0.0258. The Hall–Kier alpha value is -4.45. The van der Waals surface area contributed by atoms with Crippen LogP contribution in [0.5, 0.6) is 17.2 Å². The maximum absolute atomic E-state index is 13.7. The van der Waals surface area contributed by atoms with Crippen molar-refractivity contribution in [3.63, 3.8) is 0 Å². The molecule has 1 N–H and O–H groups in total. The zero-order valence-electron chi connectivity index (χ0n) is 26.3. The quantitative estimate of drug-likeness (QED) is 0.118. The monoisotopic (exact) mass is 626 g/mol. The van der Waals surface area contributed by atoms with Crippen molar-refractivity contribution >= 4 is 23.6 Å². The van der Waals surface area contributed by atoms with E-state index < -0.39 is 47.8 Å². The van der Waals surface area contributed by atoms with Crippen LogP contribution in [0.3, 0.4) is 0 Å². The van der Waals surface area contributed by atoms with Crippen molar-refractivity contribution in [1.82, 2.24) is 9.88 Å². The molecule has 1 aromatic heterocycles. The number of carbonyl (C=O) groups is 4. The van der Waals surface area contributed by atoms with Gasteiger partial charge in [-0.25, -0.2) is 9.59 Å².